The van der Waals surface area contributed by atoms with Crippen molar-refractivity contribution in [1.82, 2.24) is 15.2 Å². The van der Waals surface area contributed by atoms with Crippen LogP contribution >= 0.6 is 12.4 Å². The molecule has 1 aliphatic rings. The molecule has 0 radical (unpaired) electrons. The van der Waals surface area contributed by atoms with E-state index >= 15 is 0 Å². The van der Waals surface area contributed by atoms with Gasteiger partial charge in [-0.15, -0.1) is 12.4 Å². The molecule has 1 unspecified atom stereocenters. The second-order valence-electron chi connectivity index (χ2n) is 10.3. The highest BCUT2D eigenvalue weighted by molar-refractivity contribution is 5.90. The summed E-state index contributed by atoms with van der Waals surface area (Å²) in [6, 6.07) is 10.7. The number of nitrogens with one attached hydrogen (secondary N) is 2. The standard InChI is InChI=1S/C28H29F3N4O5.ClH/c1-27(2,40-24(37)14-35(3)23(36)13-32)22-12-19(26(39)34-22)15-8-9-16-11-21(33-25(38)18(16)10-15)17-6-4-5-7-20(17)28(29,30)31;/h4-11,19,22H,12-14,32H2,1-3H3,(H,33,38)(H,34,39);1H/t19-,22?;/m0./s1. The lowest BCUT2D eigenvalue weighted by atomic mass is 9.89. The molecule has 1 aromatic heterocycles. The Kier molecular flexibility index (Phi) is 9.19. The van der Waals surface area contributed by atoms with Crippen molar-refractivity contribution in [3.63, 3.8) is 0 Å². The van der Waals surface area contributed by atoms with Gasteiger partial charge in [0.2, 0.25) is 11.8 Å². The Morgan fingerprint density at radius 3 is 2.44 bits per heavy atom. The number of aromatic nitrogens is 1. The summed E-state index contributed by atoms with van der Waals surface area (Å²) in [4.78, 5) is 53.6. The van der Waals surface area contributed by atoms with E-state index in [1.165, 1.54) is 31.3 Å². The van der Waals surface area contributed by atoms with Gasteiger partial charge in [0.1, 0.15) is 12.1 Å². The van der Waals surface area contributed by atoms with Crippen molar-refractivity contribution < 1.29 is 32.3 Å². The summed E-state index contributed by atoms with van der Waals surface area (Å²) >= 11 is 0. The number of nitrogens with zero attached hydrogens (tertiary/aromatic N) is 1. The van der Waals surface area contributed by atoms with Crippen LogP contribution in [0, 0.1) is 0 Å². The lowest BCUT2D eigenvalue weighted by Gasteiger charge is -2.32. The van der Waals surface area contributed by atoms with Crippen LogP contribution < -0.4 is 16.6 Å². The SMILES string of the molecule is CN(CC(=O)OC(C)(C)C1C[C@@H](c2ccc3cc(-c4ccccc4C(F)(F)F)[nH]c(=O)c3c2)C(=O)N1)C(=O)CN.Cl. The van der Waals surface area contributed by atoms with E-state index in [9.17, 15) is 32.3 Å². The zero-order valence-electron chi connectivity index (χ0n) is 22.5. The number of carbonyl (C=O) groups excluding carboxylic acids is 3. The van der Waals surface area contributed by atoms with Crippen molar-refractivity contribution in [2.45, 2.75) is 44.0 Å². The Balaban J connectivity index is 0.00000462. The van der Waals surface area contributed by atoms with Gasteiger partial charge in [-0.3, -0.25) is 19.2 Å². The highest BCUT2D eigenvalue weighted by Gasteiger charge is 2.43. The molecule has 1 aliphatic heterocycles. The van der Waals surface area contributed by atoms with E-state index in [1.807, 2.05) is 0 Å². The number of halogens is 4. The van der Waals surface area contributed by atoms with Crippen LogP contribution in [0.4, 0.5) is 13.2 Å². The third kappa shape index (κ3) is 6.71. The molecule has 0 spiro atoms. The van der Waals surface area contributed by atoms with Crippen LogP contribution in [0.25, 0.3) is 22.0 Å². The number of fused-ring (bicyclic) bond motifs is 1. The van der Waals surface area contributed by atoms with Crippen LogP contribution in [0.15, 0.2) is 53.3 Å². The van der Waals surface area contributed by atoms with Crippen LogP contribution in [0.3, 0.4) is 0 Å². The third-order valence-corrected chi connectivity index (χ3v) is 7.08. The van der Waals surface area contributed by atoms with Gasteiger partial charge in [0.25, 0.3) is 5.56 Å². The van der Waals surface area contributed by atoms with E-state index in [-0.39, 0.29) is 54.5 Å². The fourth-order valence-electron chi connectivity index (χ4n) is 4.86. The Hall–Kier alpha value is -3.90. The molecule has 1 fully saturated rings. The number of ether oxygens (including phenoxy) is 1. The summed E-state index contributed by atoms with van der Waals surface area (Å²) < 4.78 is 46.1. The average molecular weight is 595 g/mol. The molecule has 9 nitrogen and oxygen atoms in total. The predicted molar refractivity (Wildman–Crippen MR) is 148 cm³/mol. The zero-order valence-corrected chi connectivity index (χ0v) is 23.3. The summed E-state index contributed by atoms with van der Waals surface area (Å²) in [5.41, 5.74) is 3.16. The normalized spacial score (nSPS) is 17.1. The highest BCUT2D eigenvalue weighted by Crippen LogP contribution is 2.37. The second kappa shape index (κ2) is 11.9. The minimum Gasteiger partial charge on any atom is -0.456 e. The average Bonchev–Trinajstić information content (AvgIpc) is 3.29. The number of rotatable bonds is 7. The van der Waals surface area contributed by atoms with Gasteiger partial charge >= 0.3 is 12.1 Å². The summed E-state index contributed by atoms with van der Waals surface area (Å²) in [5.74, 6) is -2.06. The van der Waals surface area contributed by atoms with Crippen molar-refractivity contribution in [2.24, 2.45) is 5.73 Å². The number of hydrogen-bond acceptors (Lipinski definition) is 6. The number of amides is 2. The van der Waals surface area contributed by atoms with Gasteiger partial charge in [-0.1, -0.05) is 30.3 Å². The van der Waals surface area contributed by atoms with Crippen LogP contribution in [-0.4, -0.2) is 59.4 Å². The molecule has 1 saturated heterocycles. The smallest absolute Gasteiger partial charge is 0.417 e. The molecule has 4 rings (SSSR count). The maximum atomic E-state index is 13.5. The first-order chi connectivity index (χ1) is 18.7. The number of likely N-dealkylation sites (N-methyl/N-ethyl adjacent to an activating group) is 1. The fraction of sp³-hybridized carbons (Fsp3) is 0.357. The number of esters is 1. The molecule has 0 aliphatic carbocycles. The molecular formula is C28H30ClF3N4O5. The van der Waals surface area contributed by atoms with Crippen molar-refractivity contribution in [1.29, 1.82) is 0 Å². The lowest BCUT2D eigenvalue weighted by Crippen LogP contribution is -2.49. The molecule has 2 atom stereocenters. The van der Waals surface area contributed by atoms with Crippen LogP contribution in [0.2, 0.25) is 0 Å². The summed E-state index contributed by atoms with van der Waals surface area (Å²) in [6.07, 6.45) is -4.34. The maximum Gasteiger partial charge on any atom is 0.417 e. The number of benzene rings is 2. The van der Waals surface area contributed by atoms with Crippen LogP contribution in [-0.2, 0) is 25.3 Å². The third-order valence-electron chi connectivity index (χ3n) is 7.08. The minimum absolute atomic E-state index is 0. The first kappa shape index (κ1) is 31.6. The topological polar surface area (TPSA) is 135 Å². The van der Waals surface area contributed by atoms with E-state index < -0.39 is 46.7 Å². The van der Waals surface area contributed by atoms with Gasteiger partial charge in [-0.25, -0.2) is 0 Å². The predicted octanol–water partition coefficient (Wildman–Crippen LogP) is 3.35. The van der Waals surface area contributed by atoms with E-state index in [2.05, 4.69) is 10.3 Å². The molecule has 41 heavy (non-hydrogen) atoms. The van der Waals surface area contributed by atoms with Gasteiger partial charge < -0.3 is 25.7 Å². The highest BCUT2D eigenvalue weighted by atomic mass is 35.5. The summed E-state index contributed by atoms with van der Waals surface area (Å²) in [7, 11) is 1.43. The Morgan fingerprint density at radius 2 is 1.78 bits per heavy atom. The summed E-state index contributed by atoms with van der Waals surface area (Å²) in [5, 5.41) is 3.48. The van der Waals surface area contributed by atoms with Crippen molar-refractivity contribution in [3.05, 3.63) is 70.0 Å². The fourth-order valence-corrected chi connectivity index (χ4v) is 4.86. The largest absolute Gasteiger partial charge is 0.456 e. The number of aromatic amines is 1. The number of nitrogens with two attached hydrogens (primary N) is 1. The molecule has 2 amide bonds. The second-order valence-corrected chi connectivity index (χ2v) is 10.3. The van der Waals surface area contributed by atoms with Gasteiger partial charge in [-0.05, 0) is 49.4 Å². The molecule has 4 N–H and O–H groups in total. The first-order valence-corrected chi connectivity index (χ1v) is 12.5. The molecule has 2 heterocycles. The number of alkyl halides is 3. The Morgan fingerprint density at radius 1 is 1.10 bits per heavy atom. The zero-order chi connectivity index (χ0) is 29.4. The van der Waals surface area contributed by atoms with Crippen LogP contribution in [0.1, 0.15) is 37.3 Å². The van der Waals surface area contributed by atoms with Gasteiger partial charge in [0.05, 0.1) is 24.1 Å². The number of carbonyl (C=O) groups is 3. The molecule has 2 aromatic carbocycles. The Bertz CT molecular complexity index is 1540. The molecule has 13 heteroatoms. The monoisotopic (exact) mass is 594 g/mol. The van der Waals surface area contributed by atoms with Crippen molar-refractivity contribution in [3.8, 4) is 11.3 Å². The quantitative estimate of drug-likeness (QED) is 0.359. The van der Waals surface area contributed by atoms with Gasteiger partial charge in [0.15, 0.2) is 0 Å². The van der Waals surface area contributed by atoms with E-state index in [1.54, 1.807) is 32.0 Å². The van der Waals surface area contributed by atoms with E-state index in [0.29, 0.717) is 10.9 Å². The van der Waals surface area contributed by atoms with Crippen molar-refractivity contribution in [2.75, 3.05) is 20.1 Å². The lowest BCUT2D eigenvalue weighted by molar-refractivity contribution is -0.162. The maximum absolute atomic E-state index is 13.5. The Labute approximate surface area is 239 Å². The number of hydrogen-bond donors (Lipinski definition) is 3. The van der Waals surface area contributed by atoms with Crippen molar-refractivity contribution >= 4 is 41.0 Å². The molecule has 0 saturated carbocycles. The van der Waals surface area contributed by atoms with Crippen LogP contribution in [0.5, 0.6) is 0 Å². The molecular weight excluding hydrogens is 565 g/mol. The first-order valence-electron chi connectivity index (χ1n) is 12.5. The van der Waals surface area contributed by atoms with E-state index in [4.69, 9.17) is 10.5 Å². The van der Waals surface area contributed by atoms with Gasteiger partial charge in [0, 0.05) is 23.7 Å². The van der Waals surface area contributed by atoms with Gasteiger partial charge in [-0.2, -0.15) is 13.2 Å². The molecule has 0 bridgehead atoms. The molecule has 220 valence electrons. The minimum atomic E-state index is -4.60. The number of pyridine rings is 1. The summed E-state index contributed by atoms with van der Waals surface area (Å²) in [6.45, 7) is 2.75. The number of H-pyrrole nitrogens is 1. The van der Waals surface area contributed by atoms with E-state index in [0.717, 1.165) is 11.0 Å². The molecule has 3 aromatic rings.